The fraction of sp³-hybridized carbons (Fsp3) is 0.889. The monoisotopic (exact) mass is 151 g/mol. The Morgan fingerprint density at radius 1 is 1.36 bits per heavy atom. The van der Waals surface area contributed by atoms with Crippen molar-refractivity contribution in [1.82, 2.24) is 0 Å². The summed E-state index contributed by atoms with van der Waals surface area (Å²) < 4.78 is 5.32. The van der Waals surface area contributed by atoms with Crippen molar-refractivity contribution in [2.75, 3.05) is 6.61 Å². The minimum atomic E-state index is 0.206. The molecule has 2 fully saturated rings. The Bertz CT molecular complexity index is 162. The first-order valence-electron chi connectivity index (χ1n) is 4.43. The Hall–Kier alpha value is -0.550. The average molecular weight is 151 g/mol. The minimum absolute atomic E-state index is 0.206. The topological polar surface area (TPSA) is 33.0 Å². The van der Waals surface area contributed by atoms with Crippen LogP contribution in [0.2, 0.25) is 0 Å². The van der Waals surface area contributed by atoms with Crippen LogP contribution in [0.4, 0.5) is 0 Å². The van der Waals surface area contributed by atoms with Gasteiger partial charge in [-0.3, -0.25) is 0 Å². The van der Waals surface area contributed by atoms with Gasteiger partial charge in [-0.25, -0.2) is 0 Å². The average Bonchev–Trinajstić information content (AvgIpc) is 1.78. The van der Waals surface area contributed by atoms with Crippen molar-refractivity contribution in [3.63, 3.8) is 0 Å². The third-order valence-corrected chi connectivity index (χ3v) is 2.94. The molecule has 2 heteroatoms. The lowest BCUT2D eigenvalue weighted by Gasteiger charge is -2.38. The molecule has 2 unspecified atom stereocenters. The number of hydrogen-bond acceptors (Lipinski definition) is 2. The van der Waals surface area contributed by atoms with E-state index in [0.717, 1.165) is 13.0 Å². The zero-order chi connectivity index (χ0) is 7.68. The summed E-state index contributed by atoms with van der Waals surface area (Å²) in [6, 6.07) is 2.38. The van der Waals surface area contributed by atoms with Crippen LogP contribution in [0.15, 0.2) is 0 Å². The predicted octanol–water partition coefficient (Wildman–Crippen LogP) is 1.72. The van der Waals surface area contributed by atoms with E-state index in [1.54, 1.807) is 0 Å². The van der Waals surface area contributed by atoms with Crippen LogP contribution in [0.1, 0.15) is 25.7 Å². The second-order valence-corrected chi connectivity index (χ2v) is 3.54. The van der Waals surface area contributed by atoms with Crippen LogP contribution in [0.25, 0.3) is 0 Å². The quantitative estimate of drug-likeness (QED) is 0.602. The summed E-state index contributed by atoms with van der Waals surface area (Å²) in [6.07, 6.45) is 5.20. The fourth-order valence-electron chi connectivity index (χ4n) is 1.83. The van der Waals surface area contributed by atoms with Gasteiger partial charge in [-0.1, -0.05) is 6.42 Å². The van der Waals surface area contributed by atoms with Gasteiger partial charge in [0.15, 0.2) is 0 Å². The number of rotatable bonds is 2. The third kappa shape index (κ3) is 1.14. The summed E-state index contributed by atoms with van der Waals surface area (Å²) in [4.78, 5) is 0. The second kappa shape index (κ2) is 2.83. The first-order chi connectivity index (χ1) is 5.42. The molecule has 0 aromatic rings. The fourth-order valence-corrected chi connectivity index (χ4v) is 1.83. The van der Waals surface area contributed by atoms with Crippen LogP contribution >= 0.6 is 0 Å². The van der Waals surface area contributed by atoms with Gasteiger partial charge in [0.25, 0.3) is 0 Å². The second-order valence-electron chi connectivity index (χ2n) is 3.54. The lowest BCUT2D eigenvalue weighted by Crippen LogP contribution is -2.39. The van der Waals surface area contributed by atoms with Crippen molar-refractivity contribution in [3.8, 4) is 6.07 Å². The molecule has 0 radical (unpaired) electrons. The van der Waals surface area contributed by atoms with Gasteiger partial charge in [-0.05, 0) is 25.2 Å². The highest BCUT2D eigenvalue weighted by Gasteiger charge is 2.36. The van der Waals surface area contributed by atoms with Crippen LogP contribution in [-0.2, 0) is 4.74 Å². The molecule has 1 saturated heterocycles. The molecule has 1 aliphatic carbocycles. The van der Waals surface area contributed by atoms with E-state index in [9.17, 15) is 0 Å². The van der Waals surface area contributed by atoms with Crippen LogP contribution in [0.3, 0.4) is 0 Å². The van der Waals surface area contributed by atoms with Gasteiger partial charge in [0.05, 0.1) is 18.1 Å². The van der Waals surface area contributed by atoms with Gasteiger partial charge < -0.3 is 4.74 Å². The molecule has 0 aromatic heterocycles. The van der Waals surface area contributed by atoms with E-state index in [0.29, 0.717) is 5.92 Å². The highest BCUT2D eigenvalue weighted by molar-refractivity contribution is 4.98. The number of hydrogen-bond donors (Lipinski definition) is 0. The zero-order valence-corrected chi connectivity index (χ0v) is 6.62. The highest BCUT2D eigenvalue weighted by atomic mass is 16.5. The largest absolute Gasteiger partial charge is 0.377 e. The van der Waals surface area contributed by atoms with Gasteiger partial charge in [0.1, 0.15) is 0 Å². The van der Waals surface area contributed by atoms with Crippen molar-refractivity contribution >= 4 is 0 Å². The maximum Gasteiger partial charge on any atom is 0.0757 e. The molecule has 0 spiro atoms. The molecule has 0 N–H and O–H groups in total. The summed E-state index contributed by atoms with van der Waals surface area (Å²) in [6.45, 7) is 0.871. The third-order valence-electron chi connectivity index (χ3n) is 2.94. The number of nitriles is 1. The van der Waals surface area contributed by atoms with Crippen molar-refractivity contribution in [1.29, 1.82) is 5.26 Å². The smallest absolute Gasteiger partial charge is 0.0757 e. The molecule has 2 nitrogen and oxygen atoms in total. The Labute approximate surface area is 67.2 Å². The molecule has 1 aliphatic heterocycles. The van der Waals surface area contributed by atoms with Crippen LogP contribution in [0, 0.1) is 23.2 Å². The SMILES string of the molecule is N#CC(C1CCC1)C1CCO1. The summed E-state index contributed by atoms with van der Waals surface area (Å²) in [7, 11) is 0. The van der Waals surface area contributed by atoms with E-state index in [4.69, 9.17) is 10.00 Å². The van der Waals surface area contributed by atoms with Crippen LogP contribution < -0.4 is 0 Å². The Balaban J connectivity index is 1.90. The summed E-state index contributed by atoms with van der Waals surface area (Å²) in [5.41, 5.74) is 0. The Morgan fingerprint density at radius 3 is 2.36 bits per heavy atom. The first kappa shape index (κ1) is 7.12. The number of ether oxygens (including phenoxy) is 1. The van der Waals surface area contributed by atoms with E-state index < -0.39 is 0 Å². The van der Waals surface area contributed by atoms with E-state index in [-0.39, 0.29) is 12.0 Å². The van der Waals surface area contributed by atoms with Crippen molar-refractivity contribution in [2.45, 2.75) is 31.8 Å². The van der Waals surface area contributed by atoms with E-state index in [1.807, 2.05) is 0 Å². The van der Waals surface area contributed by atoms with Gasteiger partial charge in [0, 0.05) is 6.61 Å². The molecule has 0 bridgehead atoms. The molecule has 2 atom stereocenters. The maximum absolute atomic E-state index is 8.87. The van der Waals surface area contributed by atoms with Gasteiger partial charge in [-0.2, -0.15) is 5.26 Å². The van der Waals surface area contributed by atoms with Gasteiger partial charge >= 0.3 is 0 Å². The molecular weight excluding hydrogens is 138 g/mol. The normalized spacial score (nSPS) is 33.2. The first-order valence-corrected chi connectivity index (χ1v) is 4.43. The molecule has 2 rings (SSSR count). The lowest BCUT2D eigenvalue weighted by molar-refractivity contribution is -0.0908. The van der Waals surface area contributed by atoms with Crippen molar-refractivity contribution in [2.24, 2.45) is 11.8 Å². The lowest BCUT2D eigenvalue weighted by atomic mass is 9.73. The number of nitrogens with zero attached hydrogens (tertiary/aromatic N) is 1. The standard InChI is InChI=1S/C9H13NO/c10-6-8(7-2-1-3-7)9-4-5-11-9/h7-9H,1-5H2. The van der Waals surface area contributed by atoms with E-state index >= 15 is 0 Å². The van der Waals surface area contributed by atoms with Gasteiger partial charge in [-0.15, -0.1) is 0 Å². The van der Waals surface area contributed by atoms with Crippen LogP contribution in [-0.4, -0.2) is 12.7 Å². The molecule has 60 valence electrons. The molecule has 1 heterocycles. The van der Waals surface area contributed by atoms with Gasteiger partial charge in [0.2, 0.25) is 0 Å². The summed E-state index contributed by atoms with van der Waals surface area (Å²) >= 11 is 0. The molecule has 11 heavy (non-hydrogen) atoms. The molecule has 1 saturated carbocycles. The van der Waals surface area contributed by atoms with Crippen LogP contribution in [0.5, 0.6) is 0 Å². The van der Waals surface area contributed by atoms with Crippen molar-refractivity contribution in [3.05, 3.63) is 0 Å². The van der Waals surface area contributed by atoms with E-state index in [1.165, 1.54) is 19.3 Å². The van der Waals surface area contributed by atoms with Crippen molar-refractivity contribution < 1.29 is 4.74 Å². The van der Waals surface area contributed by atoms with E-state index in [2.05, 4.69) is 6.07 Å². The Kier molecular flexibility index (Phi) is 1.83. The minimum Gasteiger partial charge on any atom is -0.377 e. The highest BCUT2D eigenvalue weighted by Crippen LogP contribution is 2.38. The Morgan fingerprint density at radius 2 is 2.09 bits per heavy atom. The zero-order valence-electron chi connectivity index (χ0n) is 6.62. The maximum atomic E-state index is 8.87. The summed E-state index contributed by atoms with van der Waals surface area (Å²) in [5, 5.41) is 8.87. The molecule has 2 aliphatic rings. The predicted molar refractivity (Wildman–Crippen MR) is 40.8 cm³/mol. The summed E-state index contributed by atoms with van der Waals surface area (Å²) in [5.74, 6) is 0.864. The molecule has 0 amide bonds. The molecular formula is C9H13NO. The molecule has 0 aromatic carbocycles.